The first-order valence-electron chi connectivity index (χ1n) is 5.63. The molecule has 0 aromatic carbocycles. The summed E-state index contributed by atoms with van der Waals surface area (Å²) >= 11 is 1.58. The average Bonchev–Trinajstić information content (AvgIpc) is 2.77. The second-order valence-corrected chi connectivity index (χ2v) is 4.62. The summed E-state index contributed by atoms with van der Waals surface area (Å²) in [5, 5.41) is 12.9. The van der Waals surface area contributed by atoms with Gasteiger partial charge in [0.15, 0.2) is 5.16 Å². The summed E-state index contributed by atoms with van der Waals surface area (Å²) in [5.74, 6) is 0.972. The zero-order valence-corrected chi connectivity index (χ0v) is 10.3. The SMILES string of the molecule is CSc1nc2c(c(NCCCO)n1)CCC2. The number of aliphatic hydroxyl groups is 1. The Morgan fingerprint density at radius 1 is 1.38 bits per heavy atom. The summed E-state index contributed by atoms with van der Waals surface area (Å²) in [4.78, 5) is 9.02. The van der Waals surface area contributed by atoms with Crippen molar-refractivity contribution in [3.8, 4) is 0 Å². The molecule has 0 spiro atoms. The zero-order chi connectivity index (χ0) is 11.4. The number of nitrogens with zero attached hydrogens (tertiary/aromatic N) is 2. The lowest BCUT2D eigenvalue weighted by atomic mass is 10.2. The molecule has 16 heavy (non-hydrogen) atoms. The highest BCUT2D eigenvalue weighted by atomic mass is 32.2. The van der Waals surface area contributed by atoms with E-state index in [1.807, 2.05) is 6.26 Å². The van der Waals surface area contributed by atoms with Gasteiger partial charge in [-0.1, -0.05) is 11.8 Å². The van der Waals surface area contributed by atoms with Gasteiger partial charge in [0.2, 0.25) is 0 Å². The van der Waals surface area contributed by atoms with Crippen molar-refractivity contribution in [1.82, 2.24) is 9.97 Å². The first-order chi connectivity index (χ1) is 7.85. The quantitative estimate of drug-likeness (QED) is 0.463. The fraction of sp³-hybridized carbons (Fsp3) is 0.636. The van der Waals surface area contributed by atoms with Crippen molar-refractivity contribution < 1.29 is 5.11 Å². The van der Waals surface area contributed by atoms with E-state index in [9.17, 15) is 0 Å². The summed E-state index contributed by atoms with van der Waals surface area (Å²) in [6, 6.07) is 0. The van der Waals surface area contributed by atoms with Crippen LogP contribution in [0.1, 0.15) is 24.1 Å². The lowest BCUT2D eigenvalue weighted by Gasteiger charge is -2.10. The Balaban J connectivity index is 2.18. The van der Waals surface area contributed by atoms with Crippen LogP contribution in [0.5, 0.6) is 0 Å². The standard InChI is InChI=1S/C11H17N3OS/c1-16-11-13-9-5-2-4-8(9)10(14-11)12-6-3-7-15/h15H,2-7H2,1H3,(H,12,13,14). The minimum atomic E-state index is 0.218. The molecule has 0 unspecified atom stereocenters. The van der Waals surface area contributed by atoms with Crippen molar-refractivity contribution in [2.75, 3.05) is 24.7 Å². The van der Waals surface area contributed by atoms with Crippen molar-refractivity contribution in [1.29, 1.82) is 0 Å². The highest BCUT2D eigenvalue weighted by Gasteiger charge is 2.18. The number of aryl methyl sites for hydroxylation is 1. The highest BCUT2D eigenvalue weighted by Crippen LogP contribution is 2.28. The smallest absolute Gasteiger partial charge is 0.189 e. The summed E-state index contributed by atoms with van der Waals surface area (Å²) in [7, 11) is 0. The molecule has 1 aliphatic rings. The van der Waals surface area contributed by atoms with Crippen molar-refractivity contribution in [3.05, 3.63) is 11.3 Å². The number of hydrogen-bond donors (Lipinski definition) is 2. The molecule has 1 heterocycles. The Kier molecular flexibility index (Phi) is 4.01. The fourth-order valence-corrected chi connectivity index (χ4v) is 2.32. The molecule has 0 saturated carbocycles. The van der Waals surface area contributed by atoms with E-state index in [-0.39, 0.29) is 6.61 Å². The molecule has 0 amide bonds. The molecular weight excluding hydrogens is 222 g/mol. The third-order valence-corrected chi connectivity index (χ3v) is 3.27. The molecule has 1 aromatic heterocycles. The number of nitrogens with one attached hydrogen (secondary N) is 1. The second kappa shape index (κ2) is 5.50. The first-order valence-corrected chi connectivity index (χ1v) is 6.86. The molecule has 0 aliphatic heterocycles. The van der Waals surface area contributed by atoms with Gasteiger partial charge < -0.3 is 10.4 Å². The highest BCUT2D eigenvalue weighted by molar-refractivity contribution is 7.98. The van der Waals surface area contributed by atoms with Gasteiger partial charge in [-0.15, -0.1) is 0 Å². The summed E-state index contributed by atoms with van der Waals surface area (Å²) in [6.45, 7) is 0.990. The number of fused-ring (bicyclic) bond motifs is 1. The van der Waals surface area contributed by atoms with Crippen LogP contribution >= 0.6 is 11.8 Å². The zero-order valence-electron chi connectivity index (χ0n) is 9.49. The second-order valence-electron chi connectivity index (χ2n) is 3.84. The lowest BCUT2D eigenvalue weighted by molar-refractivity contribution is 0.292. The number of thioether (sulfide) groups is 1. The van der Waals surface area contributed by atoms with Gasteiger partial charge in [0.1, 0.15) is 5.82 Å². The summed E-state index contributed by atoms with van der Waals surface area (Å²) in [6.07, 6.45) is 6.07. The Morgan fingerprint density at radius 3 is 3.00 bits per heavy atom. The molecule has 88 valence electrons. The van der Waals surface area contributed by atoms with Gasteiger partial charge in [-0.3, -0.25) is 0 Å². The first kappa shape index (κ1) is 11.7. The van der Waals surface area contributed by atoms with Gasteiger partial charge in [0.25, 0.3) is 0 Å². The molecule has 5 heteroatoms. The monoisotopic (exact) mass is 239 g/mol. The Hall–Kier alpha value is -0.810. The number of anilines is 1. The van der Waals surface area contributed by atoms with Crippen LogP contribution in [0, 0.1) is 0 Å². The molecular formula is C11H17N3OS. The third kappa shape index (κ3) is 2.47. The number of aliphatic hydroxyl groups excluding tert-OH is 1. The molecule has 0 radical (unpaired) electrons. The molecule has 0 atom stereocenters. The number of rotatable bonds is 5. The van der Waals surface area contributed by atoms with E-state index < -0.39 is 0 Å². The fourth-order valence-electron chi connectivity index (χ4n) is 1.93. The van der Waals surface area contributed by atoms with E-state index >= 15 is 0 Å². The maximum atomic E-state index is 8.76. The van der Waals surface area contributed by atoms with Crippen LogP contribution in [0.15, 0.2) is 5.16 Å². The molecule has 0 bridgehead atoms. The van der Waals surface area contributed by atoms with Crippen molar-refractivity contribution in [3.63, 3.8) is 0 Å². The van der Waals surface area contributed by atoms with E-state index in [0.29, 0.717) is 0 Å². The third-order valence-electron chi connectivity index (χ3n) is 2.72. The van der Waals surface area contributed by atoms with Gasteiger partial charge in [-0.25, -0.2) is 9.97 Å². The van der Waals surface area contributed by atoms with Gasteiger partial charge in [0, 0.05) is 18.7 Å². The van der Waals surface area contributed by atoms with E-state index in [0.717, 1.165) is 36.8 Å². The van der Waals surface area contributed by atoms with Gasteiger partial charge >= 0.3 is 0 Å². The van der Waals surface area contributed by atoms with Gasteiger partial charge in [0.05, 0.1) is 5.69 Å². The van der Waals surface area contributed by atoms with E-state index in [2.05, 4.69) is 15.3 Å². The van der Waals surface area contributed by atoms with Crippen LogP contribution < -0.4 is 5.32 Å². The van der Waals surface area contributed by atoms with E-state index in [4.69, 9.17) is 5.11 Å². The normalized spacial score (nSPS) is 13.9. The molecule has 1 aliphatic carbocycles. The van der Waals surface area contributed by atoms with Crippen molar-refractivity contribution >= 4 is 17.6 Å². The Morgan fingerprint density at radius 2 is 2.25 bits per heavy atom. The minimum absolute atomic E-state index is 0.218. The maximum absolute atomic E-state index is 8.76. The predicted molar refractivity (Wildman–Crippen MR) is 66.0 cm³/mol. The number of aromatic nitrogens is 2. The number of hydrogen-bond acceptors (Lipinski definition) is 5. The van der Waals surface area contributed by atoms with Crippen LogP contribution in [0.4, 0.5) is 5.82 Å². The molecule has 2 N–H and O–H groups in total. The topological polar surface area (TPSA) is 58.0 Å². The molecule has 4 nitrogen and oxygen atoms in total. The van der Waals surface area contributed by atoms with Crippen LogP contribution in [0.3, 0.4) is 0 Å². The largest absolute Gasteiger partial charge is 0.396 e. The Bertz CT molecular complexity index is 370. The molecule has 1 aromatic rings. The lowest BCUT2D eigenvalue weighted by Crippen LogP contribution is -2.09. The summed E-state index contributed by atoms with van der Waals surface area (Å²) < 4.78 is 0. The van der Waals surface area contributed by atoms with Gasteiger partial charge in [-0.05, 0) is 31.9 Å². The summed E-state index contributed by atoms with van der Waals surface area (Å²) in [5.41, 5.74) is 2.47. The molecule has 2 rings (SSSR count). The minimum Gasteiger partial charge on any atom is -0.396 e. The predicted octanol–water partition coefficient (Wildman–Crippen LogP) is 1.48. The molecule has 0 fully saturated rings. The maximum Gasteiger partial charge on any atom is 0.189 e. The molecule has 0 saturated heterocycles. The van der Waals surface area contributed by atoms with Crippen LogP contribution in [-0.4, -0.2) is 34.5 Å². The van der Waals surface area contributed by atoms with Crippen LogP contribution in [0.2, 0.25) is 0 Å². The van der Waals surface area contributed by atoms with Crippen molar-refractivity contribution in [2.24, 2.45) is 0 Å². The van der Waals surface area contributed by atoms with Crippen LogP contribution in [0.25, 0.3) is 0 Å². The Labute approximate surface area is 99.9 Å². The van der Waals surface area contributed by atoms with E-state index in [1.165, 1.54) is 17.7 Å². The van der Waals surface area contributed by atoms with Crippen molar-refractivity contribution in [2.45, 2.75) is 30.8 Å². The van der Waals surface area contributed by atoms with Gasteiger partial charge in [-0.2, -0.15) is 0 Å². The van der Waals surface area contributed by atoms with Crippen LogP contribution in [-0.2, 0) is 12.8 Å². The average molecular weight is 239 g/mol. The van der Waals surface area contributed by atoms with E-state index in [1.54, 1.807) is 11.8 Å².